The third kappa shape index (κ3) is 5.56. The summed E-state index contributed by atoms with van der Waals surface area (Å²) in [6, 6.07) is 0. The van der Waals surface area contributed by atoms with Crippen LogP contribution in [0, 0.1) is 0 Å². The molecule has 0 saturated heterocycles. The van der Waals surface area contributed by atoms with Crippen molar-refractivity contribution < 1.29 is 9.90 Å². The van der Waals surface area contributed by atoms with Crippen LogP contribution in [0.25, 0.3) is 0 Å². The minimum absolute atomic E-state index is 0.0170. The van der Waals surface area contributed by atoms with Crippen molar-refractivity contribution in [1.82, 2.24) is 5.32 Å². The highest BCUT2D eigenvalue weighted by atomic mass is 16.3. The molecule has 0 aliphatic rings. The minimum Gasteiger partial charge on any atom is -0.392 e. The van der Waals surface area contributed by atoms with E-state index in [1.807, 2.05) is 6.92 Å². The first-order valence-electron chi connectivity index (χ1n) is 3.61. The lowest BCUT2D eigenvalue weighted by Crippen LogP contribution is -2.30. The zero-order chi connectivity index (χ0) is 7.98. The summed E-state index contributed by atoms with van der Waals surface area (Å²) in [5.41, 5.74) is 0. The van der Waals surface area contributed by atoms with Crippen LogP contribution in [0.5, 0.6) is 0 Å². The maximum Gasteiger partial charge on any atom is 0.220 e. The van der Waals surface area contributed by atoms with Crippen LogP contribution >= 0.6 is 0 Å². The normalized spacial score (nSPS) is 12.7. The average Bonchev–Trinajstić information content (AvgIpc) is 1.85. The molecule has 0 spiro atoms. The Labute approximate surface area is 61.4 Å². The molecule has 0 rings (SSSR count). The van der Waals surface area contributed by atoms with Crippen molar-refractivity contribution in [2.75, 3.05) is 6.54 Å². The Bertz CT molecular complexity index is 102. The van der Waals surface area contributed by atoms with Crippen molar-refractivity contribution in [2.24, 2.45) is 0 Å². The molecule has 10 heavy (non-hydrogen) atoms. The van der Waals surface area contributed by atoms with E-state index in [1.165, 1.54) is 0 Å². The van der Waals surface area contributed by atoms with Gasteiger partial charge in [0.05, 0.1) is 6.10 Å². The van der Waals surface area contributed by atoms with E-state index < -0.39 is 6.10 Å². The van der Waals surface area contributed by atoms with Crippen molar-refractivity contribution >= 4 is 5.91 Å². The summed E-state index contributed by atoms with van der Waals surface area (Å²) in [6.07, 6.45) is 0.957. The van der Waals surface area contributed by atoms with Crippen LogP contribution in [-0.4, -0.2) is 23.7 Å². The highest BCUT2D eigenvalue weighted by molar-refractivity contribution is 5.75. The van der Waals surface area contributed by atoms with Gasteiger partial charge in [-0.25, -0.2) is 0 Å². The predicted molar refractivity (Wildman–Crippen MR) is 39.6 cm³/mol. The second-order valence-corrected chi connectivity index (χ2v) is 2.40. The Kier molecular flexibility index (Phi) is 4.94. The van der Waals surface area contributed by atoms with E-state index in [0.29, 0.717) is 13.0 Å². The molecule has 3 heteroatoms. The number of hydrogen-bond acceptors (Lipinski definition) is 2. The van der Waals surface area contributed by atoms with Gasteiger partial charge in [-0.3, -0.25) is 4.79 Å². The second-order valence-electron chi connectivity index (χ2n) is 2.40. The number of carbonyl (C=O) groups is 1. The molecule has 60 valence electrons. The first-order chi connectivity index (χ1) is 4.66. The molecule has 3 nitrogen and oxygen atoms in total. The molecule has 0 aromatic heterocycles. The molecular formula is C7H15NO2. The molecule has 2 N–H and O–H groups in total. The molecule has 0 bridgehead atoms. The Morgan fingerprint density at radius 1 is 1.70 bits per heavy atom. The third-order valence-corrected chi connectivity index (χ3v) is 1.07. The van der Waals surface area contributed by atoms with E-state index in [1.54, 1.807) is 6.92 Å². The van der Waals surface area contributed by atoms with Gasteiger partial charge in [0, 0.05) is 13.0 Å². The van der Waals surface area contributed by atoms with E-state index in [2.05, 4.69) is 5.32 Å². The monoisotopic (exact) mass is 145 g/mol. The Morgan fingerprint density at radius 3 is 2.70 bits per heavy atom. The lowest BCUT2D eigenvalue weighted by molar-refractivity contribution is -0.121. The summed E-state index contributed by atoms with van der Waals surface area (Å²) in [6.45, 7) is 3.95. The molecule has 0 saturated carbocycles. The van der Waals surface area contributed by atoms with Gasteiger partial charge in [0.25, 0.3) is 0 Å². The van der Waals surface area contributed by atoms with Crippen LogP contribution in [0.1, 0.15) is 26.7 Å². The van der Waals surface area contributed by atoms with Gasteiger partial charge in [0.1, 0.15) is 0 Å². The smallest absolute Gasteiger partial charge is 0.220 e. The van der Waals surface area contributed by atoms with Crippen molar-refractivity contribution in [3.8, 4) is 0 Å². The fourth-order valence-electron chi connectivity index (χ4n) is 0.577. The number of hydrogen-bond donors (Lipinski definition) is 2. The van der Waals surface area contributed by atoms with Crippen molar-refractivity contribution in [1.29, 1.82) is 0 Å². The zero-order valence-electron chi connectivity index (χ0n) is 6.55. The highest BCUT2D eigenvalue weighted by Gasteiger charge is 1.99. The molecule has 0 aromatic carbocycles. The Balaban J connectivity index is 3.22. The number of rotatable bonds is 4. The molecule has 0 aromatic rings. The van der Waals surface area contributed by atoms with E-state index in [9.17, 15) is 4.79 Å². The van der Waals surface area contributed by atoms with Crippen LogP contribution in [-0.2, 0) is 4.79 Å². The SMILES string of the molecule is CCCC(=O)NCC(C)O. The predicted octanol–water partition coefficient (Wildman–Crippen LogP) is 0.283. The number of aliphatic hydroxyl groups excluding tert-OH is 1. The summed E-state index contributed by atoms with van der Waals surface area (Å²) in [5.74, 6) is 0.0170. The average molecular weight is 145 g/mol. The van der Waals surface area contributed by atoms with Crippen LogP contribution in [0.4, 0.5) is 0 Å². The molecule has 0 aliphatic carbocycles. The molecule has 1 amide bonds. The lowest BCUT2D eigenvalue weighted by atomic mass is 10.3. The summed E-state index contributed by atoms with van der Waals surface area (Å²) in [4.78, 5) is 10.7. The Morgan fingerprint density at radius 2 is 2.30 bits per heavy atom. The molecule has 0 aliphatic heterocycles. The summed E-state index contributed by atoms with van der Waals surface area (Å²) in [5, 5.41) is 11.3. The van der Waals surface area contributed by atoms with E-state index >= 15 is 0 Å². The van der Waals surface area contributed by atoms with Gasteiger partial charge in [-0.15, -0.1) is 0 Å². The van der Waals surface area contributed by atoms with Crippen molar-refractivity contribution in [2.45, 2.75) is 32.8 Å². The second kappa shape index (κ2) is 5.23. The molecular weight excluding hydrogens is 130 g/mol. The van der Waals surface area contributed by atoms with Crippen LogP contribution in [0.3, 0.4) is 0 Å². The molecule has 1 atom stereocenters. The van der Waals surface area contributed by atoms with Gasteiger partial charge < -0.3 is 10.4 Å². The summed E-state index contributed by atoms with van der Waals surface area (Å²) < 4.78 is 0. The van der Waals surface area contributed by atoms with Gasteiger partial charge in [-0.1, -0.05) is 6.92 Å². The van der Waals surface area contributed by atoms with Gasteiger partial charge in [0.15, 0.2) is 0 Å². The molecule has 0 fully saturated rings. The largest absolute Gasteiger partial charge is 0.392 e. The van der Waals surface area contributed by atoms with Crippen LogP contribution in [0.2, 0.25) is 0 Å². The standard InChI is InChI=1S/C7H15NO2/c1-3-4-7(10)8-5-6(2)9/h6,9H,3-5H2,1-2H3,(H,8,10). The van der Waals surface area contributed by atoms with Crippen LogP contribution in [0.15, 0.2) is 0 Å². The number of aliphatic hydroxyl groups is 1. The van der Waals surface area contributed by atoms with Crippen LogP contribution < -0.4 is 5.32 Å². The molecule has 1 unspecified atom stereocenters. The number of amides is 1. The lowest BCUT2D eigenvalue weighted by Gasteiger charge is -2.05. The first kappa shape index (κ1) is 9.43. The third-order valence-electron chi connectivity index (χ3n) is 1.07. The Hall–Kier alpha value is -0.570. The molecule has 0 heterocycles. The van der Waals surface area contributed by atoms with E-state index in [4.69, 9.17) is 5.11 Å². The first-order valence-corrected chi connectivity index (χ1v) is 3.61. The fourth-order valence-corrected chi connectivity index (χ4v) is 0.577. The van der Waals surface area contributed by atoms with Gasteiger partial charge >= 0.3 is 0 Å². The van der Waals surface area contributed by atoms with Gasteiger partial charge in [0.2, 0.25) is 5.91 Å². The molecule has 0 radical (unpaired) electrons. The van der Waals surface area contributed by atoms with Gasteiger partial charge in [-0.2, -0.15) is 0 Å². The van der Waals surface area contributed by atoms with Crippen molar-refractivity contribution in [3.05, 3.63) is 0 Å². The maximum absolute atomic E-state index is 10.7. The zero-order valence-corrected chi connectivity index (χ0v) is 6.55. The number of nitrogens with one attached hydrogen (secondary N) is 1. The highest BCUT2D eigenvalue weighted by Crippen LogP contribution is 1.85. The minimum atomic E-state index is -0.444. The summed E-state index contributed by atoms with van der Waals surface area (Å²) in [7, 11) is 0. The maximum atomic E-state index is 10.7. The fraction of sp³-hybridized carbons (Fsp3) is 0.857. The summed E-state index contributed by atoms with van der Waals surface area (Å²) >= 11 is 0. The van der Waals surface area contributed by atoms with E-state index in [-0.39, 0.29) is 5.91 Å². The topological polar surface area (TPSA) is 49.3 Å². The quantitative estimate of drug-likeness (QED) is 0.597. The van der Waals surface area contributed by atoms with Gasteiger partial charge in [-0.05, 0) is 13.3 Å². The van der Waals surface area contributed by atoms with Crippen molar-refractivity contribution in [3.63, 3.8) is 0 Å². The number of carbonyl (C=O) groups excluding carboxylic acids is 1. The van der Waals surface area contributed by atoms with E-state index in [0.717, 1.165) is 6.42 Å².